The summed E-state index contributed by atoms with van der Waals surface area (Å²) in [5.74, 6) is 1.51. The third-order valence-corrected chi connectivity index (χ3v) is 5.82. The van der Waals surface area contributed by atoms with E-state index in [1.165, 1.54) is 0 Å². The Hall–Kier alpha value is -3.06. The van der Waals surface area contributed by atoms with Crippen LogP contribution in [0.3, 0.4) is 0 Å². The maximum absolute atomic E-state index is 5.61. The van der Waals surface area contributed by atoms with Crippen molar-refractivity contribution >= 4 is 32.7 Å². The largest absolute Gasteiger partial charge is 0.454 e. The first-order valence-corrected chi connectivity index (χ1v) is 9.36. The molecular formula is C20H13BrN4O2. The summed E-state index contributed by atoms with van der Waals surface area (Å²) in [6, 6.07) is 12.2. The van der Waals surface area contributed by atoms with Crippen molar-refractivity contribution in [3.05, 3.63) is 64.4 Å². The van der Waals surface area contributed by atoms with Crippen LogP contribution in [0.5, 0.6) is 11.5 Å². The van der Waals surface area contributed by atoms with Gasteiger partial charge in [0.05, 0.1) is 12.2 Å². The fourth-order valence-corrected chi connectivity index (χ4v) is 4.46. The van der Waals surface area contributed by atoms with Crippen molar-refractivity contribution in [2.45, 2.75) is 6.04 Å². The normalized spacial score (nSPS) is 16.7. The van der Waals surface area contributed by atoms with Gasteiger partial charge >= 0.3 is 0 Å². The molecule has 2 N–H and O–H groups in total. The summed E-state index contributed by atoms with van der Waals surface area (Å²) < 4.78 is 12.1. The van der Waals surface area contributed by atoms with Gasteiger partial charge in [0.1, 0.15) is 0 Å². The fourth-order valence-electron chi connectivity index (χ4n) is 3.91. The Balaban J connectivity index is 1.65. The molecular weight excluding hydrogens is 408 g/mol. The minimum atomic E-state index is -0.0887. The van der Waals surface area contributed by atoms with Crippen LogP contribution >= 0.6 is 15.9 Å². The molecule has 1 unspecified atom stereocenters. The van der Waals surface area contributed by atoms with E-state index in [4.69, 9.17) is 9.47 Å². The highest BCUT2D eigenvalue weighted by molar-refractivity contribution is 9.10. The van der Waals surface area contributed by atoms with Gasteiger partial charge in [-0.05, 0) is 23.8 Å². The summed E-state index contributed by atoms with van der Waals surface area (Å²) in [5.41, 5.74) is 6.20. The second-order valence-corrected chi connectivity index (χ2v) is 7.43. The Labute approximate surface area is 162 Å². The zero-order valence-corrected chi connectivity index (χ0v) is 15.6. The van der Waals surface area contributed by atoms with Crippen LogP contribution in [0.25, 0.3) is 22.2 Å². The van der Waals surface area contributed by atoms with Crippen molar-refractivity contribution in [2.24, 2.45) is 0 Å². The zero-order chi connectivity index (χ0) is 18.0. The van der Waals surface area contributed by atoms with Crippen molar-refractivity contribution in [1.29, 1.82) is 0 Å². The maximum Gasteiger partial charge on any atom is 0.231 e. The molecule has 0 bridgehead atoms. The monoisotopic (exact) mass is 420 g/mol. The zero-order valence-electron chi connectivity index (χ0n) is 14.0. The minimum Gasteiger partial charge on any atom is -0.454 e. The number of hydrogen-bond acceptors (Lipinski definition) is 5. The summed E-state index contributed by atoms with van der Waals surface area (Å²) in [6.07, 6.45) is 3.83. The van der Waals surface area contributed by atoms with Gasteiger partial charge in [0, 0.05) is 38.4 Å². The van der Waals surface area contributed by atoms with Crippen LogP contribution in [-0.4, -0.2) is 22.0 Å². The first-order chi connectivity index (χ1) is 13.3. The molecule has 1 atom stereocenters. The van der Waals surface area contributed by atoms with Crippen LogP contribution in [0.4, 0.5) is 5.69 Å². The number of para-hydroxylation sites is 1. The van der Waals surface area contributed by atoms with Gasteiger partial charge in [-0.15, -0.1) is 5.10 Å². The predicted molar refractivity (Wildman–Crippen MR) is 105 cm³/mol. The second-order valence-electron chi connectivity index (χ2n) is 6.58. The number of benzene rings is 2. The number of nitrogens with one attached hydrogen (secondary N) is 2. The van der Waals surface area contributed by atoms with E-state index >= 15 is 0 Å². The van der Waals surface area contributed by atoms with Gasteiger partial charge in [-0.2, -0.15) is 5.10 Å². The third kappa shape index (κ3) is 2.12. The number of H-pyrrole nitrogens is 1. The third-order valence-electron chi connectivity index (χ3n) is 5.13. The molecule has 0 saturated heterocycles. The van der Waals surface area contributed by atoms with Gasteiger partial charge in [-0.1, -0.05) is 34.1 Å². The van der Waals surface area contributed by atoms with Crippen LogP contribution in [0, 0.1) is 0 Å². The van der Waals surface area contributed by atoms with Crippen LogP contribution in [0.2, 0.25) is 0 Å². The molecule has 132 valence electrons. The number of halogens is 1. The van der Waals surface area contributed by atoms with E-state index in [1.54, 1.807) is 0 Å². The number of anilines is 1. The van der Waals surface area contributed by atoms with Crippen LogP contribution < -0.4 is 14.8 Å². The van der Waals surface area contributed by atoms with Crippen LogP contribution in [0.15, 0.2) is 53.3 Å². The Morgan fingerprint density at radius 3 is 2.81 bits per heavy atom. The van der Waals surface area contributed by atoms with Crippen LogP contribution in [-0.2, 0) is 0 Å². The summed E-state index contributed by atoms with van der Waals surface area (Å²) in [5, 5.41) is 13.2. The molecule has 0 amide bonds. The summed E-state index contributed by atoms with van der Waals surface area (Å²) in [4.78, 5) is 3.27. The molecule has 6 nitrogen and oxygen atoms in total. The Morgan fingerprint density at radius 1 is 1.04 bits per heavy atom. The van der Waals surface area contributed by atoms with E-state index in [2.05, 4.69) is 48.6 Å². The molecule has 0 spiro atoms. The second kappa shape index (κ2) is 5.47. The average Bonchev–Trinajstić information content (AvgIpc) is 3.29. The Bertz CT molecular complexity index is 1220. The average molecular weight is 421 g/mol. The molecule has 2 aromatic heterocycles. The number of hydrogen-bond donors (Lipinski definition) is 2. The van der Waals surface area contributed by atoms with E-state index in [1.807, 2.05) is 36.7 Å². The minimum absolute atomic E-state index is 0.0887. The molecule has 2 aliphatic rings. The van der Waals surface area contributed by atoms with Crippen molar-refractivity contribution in [2.75, 3.05) is 12.1 Å². The van der Waals surface area contributed by atoms with Crippen molar-refractivity contribution in [3.63, 3.8) is 0 Å². The van der Waals surface area contributed by atoms with Gasteiger partial charge in [-0.25, -0.2) is 0 Å². The van der Waals surface area contributed by atoms with E-state index < -0.39 is 0 Å². The molecule has 7 heteroatoms. The number of fused-ring (bicyclic) bond motifs is 3. The lowest BCUT2D eigenvalue weighted by Crippen LogP contribution is -2.12. The predicted octanol–water partition coefficient (Wildman–Crippen LogP) is 4.63. The highest BCUT2D eigenvalue weighted by atomic mass is 79.9. The quantitative estimate of drug-likeness (QED) is 0.469. The number of rotatable bonds is 1. The standard InChI is InChI=1S/C20H13BrN4O2/c21-14-6-17-16(26-9-27-17)5-11(14)19-13-7-22-20-18(13)12(8-23-25-20)10-3-1-2-4-15(10)24-19/h1-8,19,24H,9H2,(H,22,25). The molecule has 0 aliphatic carbocycles. The van der Waals surface area contributed by atoms with Gasteiger partial charge in [0.2, 0.25) is 6.79 Å². The highest BCUT2D eigenvalue weighted by Gasteiger charge is 2.29. The molecule has 6 rings (SSSR count). The summed E-state index contributed by atoms with van der Waals surface area (Å²) in [7, 11) is 0. The lowest BCUT2D eigenvalue weighted by atomic mass is 9.97. The Kier molecular flexibility index (Phi) is 3.05. The van der Waals surface area contributed by atoms with E-state index in [0.29, 0.717) is 0 Å². The first kappa shape index (κ1) is 15.0. The number of aromatic amines is 1. The maximum atomic E-state index is 5.61. The SMILES string of the molecule is Brc1cc2c(cc1C1Nc3ccccc3-c3cnnc4[nH]cc1c34)OCO2. The highest BCUT2D eigenvalue weighted by Crippen LogP contribution is 2.46. The van der Waals surface area contributed by atoms with Crippen molar-refractivity contribution in [1.82, 2.24) is 15.2 Å². The number of ether oxygens (including phenoxy) is 2. The van der Waals surface area contributed by atoms with Crippen LogP contribution in [0.1, 0.15) is 17.2 Å². The topological polar surface area (TPSA) is 72.1 Å². The molecule has 0 radical (unpaired) electrons. The van der Waals surface area contributed by atoms with E-state index in [9.17, 15) is 0 Å². The molecule has 0 fully saturated rings. The Morgan fingerprint density at radius 2 is 1.89 bits per heavy atom. The van der Waals surface area contributed by atoms with E-state index in [-0.39, 0.29) is 12.8 Å². The molecule has 4 aromatic rings. The van der Waals surface area contributed by atoms with Gasteiger partial charge in [0.25, 0.3) is 0 Å². The molecule has 2 aromatic carbocycles. The molecule has 0 saturated carbocycles. The molecule has 4 heterocycles. The lowest BCUT2D eigenvalue weighted by molar-refractivity contribution is 0.174. The summed E-state index contributed by atoms with van der Waals surface area (Å²) >= 11 is 3.71. The molecule has 2 aliphatic heterocycles. The fraction of sp³-hybridized carbons (Fsp3) is 0.100. The van der Waals surface area contributed by atoms with Crippen molar-refractivity contribution < 1.29 is 9.47 Å². The number of aromatic nitrogens is 3. The first-order valence-electron chi connectivity index (χ1n) is 8.57. The molecule has 27 heavy (non-hydrogen) atoms. The van der Waals surface area contributed by atoms with Crippen molar-refractivity contribution in [3.8, 4) is 22.6 Å². The summed E-state index contributed by atoms with van der Waals surface area (Å²) in [6.45, 7) is 0.249. The smallest absolute Gasteiger partial charge is 0.231 e. The van der Waals surface area contributed by atoms with Gasteiger partial charge in [-0.3, -0.25) is 0 Å². The number of nitrogens with zero attached hydrogens (tertiary/aromatic N) is 2. The van der Waals surface area contributed by atoms with Gasteiger partial charge < -0.3 is 19.8 Å². The van der Waals surface area contributed by atoms with Gasteiger partial charge in [0.15, 0.2) is 17.1 Å². The van der Waals surface area contributed by atoms with E-state index in [0.717, 1.165) is 54.9 Å². The lowest BCUT2D eigenvalue weighted by Gasteiger charge is -2.21.